The standard InChI is InChI=1S/C27H31N7O3/c1-4-17-12-13-30-21(15-17)31-26(36)19-10-8-18(9-11-19)22-23(24(28)35)34(29)25(32-22)20-7-5-6-14-33(20)27(37)16(2)3/h8-13,15,20H,2,4-7,14,29H2,1,3H3,(H2,28,35)(H,30,31,36)/t20-/m0/s1. The van der Waals surface area contributed by atoms with Crippen LogP contribution in [0.5, 0.6) is 0 Å². The topological polar surface area (TPSA) is 149 Å². The lowest BCUT2D eigenvalue weighted by molar-refractivity contribution is -0.131. The molecule has 1 atom stereocenters. The maximum atomic E-state index is 12.8. The molecule has 3 amide bonds. The zero-order valence-corrected chi connectivity index (χ0v) is 21.0. The van der Waals surface area contributed by atoms with Crippen molar-refractivity contribution in [1.82, 2.24) is 19.5 Å². The minimum absolute atomic E-state index is 0.0288. The molecule has 192 valence electrons. The molecule has 0 unspecified atom stereocenters. The maximum Gasteiger partial charge on any atom is 0.269 e. The summed E-state index contributed by atoms with van der Waals surface area (Å²) in [4.78, 5) is 48.5. The van der Waals surface area contributed by atoms with Crippen LogP contribution in [-0.2, 0) is 11.2 Å². The lowest BCUT2D eigenvalue weighted by Gasteiger charge is -2.35. The van der Waals surface area contributed by atoms with Gasteiger partial charge >= 0.3 is 0 Å². The Morgan fingerprint density at radius 1 is 1.16 bits per heavy atom. The van der Waals surface area contributed by atoms with Gasteiger partial charge in [0.1, 0.15) is 11.5 Å². The summed E-state index contributed by atoms with van der Waals surface area (Å²) in [7, 11) is 0. The summed E-state index contributed by atoms with van der Waals surface area (Å²) in [5, 5.41) is 2.79. The van der Waals surface area contributed by atoms with Crippen molar-refractivity contribution in [1.29, 1.82) is 0 Å². The number of aromatic nitrogens is 3. The Kier molecular flexibility index (Phi) is 7.37. The minimum Gasteiger partial charge on any atom is -0.364 e. The summed E-state index contributed by atoms with van der Waals surface area (Å²) < 4.78 is 1.18. The van der Waals surface area contributed by atoms with E-state index < -0.39 is 11.9 Å². The maximum absolute atomic E-state index is 12.8. The number of hydrogen-bond donors (Lipinski definition) is 3. The Balaban J connectivity index is 1.64. The molecule has 1 aromatic carbocycles. The number of amides is 3. The number of rotatable bonds is 7. The largest absolute Gasteiger partial charge is 0.364 e. The van der Waals surface area contributed by atoms with Crippen molar-refractivity contribution in [3.8, 4) is 11.3 Å². The molecule has 4 rings (SSSR count). The van der Waals surface area contributed by atoms with Gasteiger partial charge in [0.2, 0.25) is 5.91 Å². The number of piperidine rings is 1. The van der Waals surface area contributed by atoms with E-state index in [9.17, 15) is 14.4 Å². The van der Waals surface area contributed by atoms with Crippen molar-refractivity contribution in [2.75, 3.05) is 17.7 Å². The van der Waals surface area contributed by atoms with Crippen LogP contribution in [-0.4, -0.2) is 43.8 Å². The number of aryl methyl sites for hydroxylation is 1. The van der Waals surface area contributed by atoms with Gasteiger partial charge in [0.15, 0.2) is 11.5 Å². The third-order valence-electron chi connectivity index (χ3n) is 6.49. The first-order chi connectivity index (χ1) is 17.7. The molecule has 2 aromatic heterocycles. The van der Waals surface area contributed by atoms with Crippen molar-refractivity contribution < 1.29 is 14.4 Å². The molecule has 0 spiro atoms. The lowest BCUT2D eigenvalue weighted by atomic mass is 10.0. The first kappa shape index (κ1) is 25.6. The quantitative estimate of drug-likeness (QED) is 0.334. The number of benzene rings is 1. The van der Waals surface area contributed by atoms with E-state index in [1.807, 2.05) is 19.1 Å². The Bertz CT molecular complexity index is 1360. The predicted molar refractivity (Wildman–Crippen MR) is 141 cm³/mol. The van der Waals surface area contributed by atoms with E-state index in [-0.39, 0.29) is 17.5 Å². The van der Waals surface area contributed by atoms with Crippen LogP contribution in [0.15, 0.2) is 54.7 Å². The summed E-state index contributed by atoms with van der Waals surface area (Å²) >= 11 is 0. The molecule has 0 saturated carbocycles. The van der Waals surface area contributed by atoms with E-state index in [1.54, 1.807) is 42.3 Å². The number of nitrogens with zero attached hydrogens (tertiary/aromatic N) is 4. The number of carbonyl (C=O) groups excluding carboxylic acids is 3. The second kappa shape index (κ2) is 10.7. The van der Waals surface area contributed by atoms with Crippen LogP contribution in [0.2, 0.25) is 0 Å². The fraction of sp³-hybridized carbons (Fsp3) is 0.296. The van der Waals surface area contributed by atoms with Crippen LogP contribution in [0.3, 0.4) is 0 Å². The van der Waals surface area contributed by atoms with Crippen molar-refractivity contribution in [3.63, 3.8) is 0 Å². The molecular formula is C27H31N7O3. The summed E-state index contributed by atoms with van der Waals surface area (Å²) in [6.45, 7) is 8.01. The van der Waals surface area contributed by atoms with Gasteiger partial charge in [-0.2, -0.15) is 0 Å². The number of nitrogens with one attached hydrogen (secondary N) is 1. The third-order valence-corrected chi connectivity index (χ3v) is 6.49. The Morgan fingerprint density at radius 3 is 2.54 bits per heavy atom. The van der Waals surface area contributed by atoms with Crippen molar-refractivity contribution in [2.24, 2.45) is 5.73 Å². The summed E-state index contributed by atoms with van der Waals surface area (Å²) in [5.41, 5.74) is 8.46. The molecule has 10 nitrogen and oxygen atoms in total. The van der Waals surface area contributed by atoms with Gasteiger partial charge in [0.05, 0.1) is 6.04 Å². The zero-order chi connectivity index (χ0) is 26.7. The van der Waals surface area contributed by atoms with Gasteiger partial charge in [-0.05, 0) is 62.4 Å². The van der Waals surface area contributed by atoms with Crippen LogP contribution < -0.4 is 16.9 Å². The van der Waals surface area contributed by atoms with Gasteiger partial charge in [-0.25, -0.2) is 14.6 Å². The number of nitrogens with two attached hydrogens (primary N) is 2. The fourth-order valence-electron chi connectivity index (χ4n) is 4.54. The summed E-state index contributed by atoms with van der Waals surface area (Å²) in [6, 6.07) is 9.94. The highest BCUT2D eigenvalue weighted by Gasteiger charge is 2.34. The number of likely N-dealkylation sites (tertiary alicyclic amines) is 1. The number of carbonyl (C=O) groups is 3. The molecule has 10 heteroatoms. The molecule has 1 fully saturated rings. The monoisotopic (exact) mass is 501 g/mol. The van der Waals surface area contributed by atoms with Crippen LogP contribution in [0.25, 0.3) is 11.3 Å². The number of imidazole rings is 1. The zero-order valence-electron chi connectivity index (χ0n) is 21.0. The number of pyridine rings is 1. The van der Waals surface area contributed by atoms with Gasteiger partial charge in [0, 0.05) is 29.4 Å². The van der Waals surface area contributed by atoms with Gasteiger partial charge in [-0.1, -0.05) is 25.6 Å². The molecule has 3 heterocycles. The first-order valence-electron chi connectivity index (χ1n) is 12.2. The van der Waals surface area contributed by atoms with E-state index >= 15 is 0 Å². The first-order valence-corrected chi connectivity index (χ1v) is 12.2. The van der Waals surface area contributed by atoms with Crippen LogP contribution >= 0.6 is 0 Å². The molecule has 0 radical (unpaired) electrons. The van der Waals surface area contributed by atoms with Crippen LogP contribution in [0.4, 0.5) is 5.82 Å². The van der Waals surface area contributed by atoms with Crippen molar-refractivity contribution in [3.05, 3.63) is 77.4 Å². The highest BCUT2D eigenvalue weighted by atomic mass is 16.2. The fourth-order valence-corrected chi connectivity index (χ4v) is 4.54. The number of hydrogen-bond acceptors (Lipinski definition) is 6. The van der Waals surface area contributed by atoms with E-state index in [4.69, 9.17) is 11.6 Å². The summed E-state index contributed by atoms with van der Waals surface area (Å²) in [5.74, 6) is 5.93. The Hall–Kier alpha value is -4.47. The molecule has 1 aliphatic heterocycles. The average molecular weight is 502 g/mol. The van der Waals surface area contributed by atoms with E-state index in [2.05, 4.69) is 21.9 Å². The van der Waals surface area contributed by atoms with Gasteiger partial charge in [-0.3, -0.25) is 14.4 Å². The second-order valence-electron chi connectivity index (χ2n) is 9.13. The molecule has 0 bridgehead atoms. The van der Waals surface area contributed by atoms with E-state index in [0.717, 1.165) is 24.8 Å². The van der Waals surface area contributed by atoms with Crippen molar-refractivity contribution in [2.45, 2.75) is 45.6 Å². The number of nitrogen functional groups attached to an aromatic ring is 1. The van der Waals surface area contributed by atoms with Crippen molar-refractivity contribution >= 4 is 23.5 Å². The Morgan fingerprint density at radius 2 is 1.89 bits per heavy atom. The summed E-state index contributed by atoms with van der Waals surface area (Å²) in [6.07, 6.45) is 4.88. The molecule has 1 aliphatic rings. The number of anilines is 1. The van der Waals surface area contributed by atoms with Crippen LogP contribution in [0, 0.1) is 0 Å². The van der Waals surface area contributed by atoms with E-state index in [0.29, 0.717) is 47.0 Å². The molecule has 37 heavy (non-hydrogen) atoms. The molecule has 5 N–H and O–H groups in total. The number of primary amides is 1. The van der Waals surface area contributed by atoms with Gasteiger partial charge < -0.3 is 21.8 Å². The third kappa shape index (κ3) is 5.23. The minimum atomic E-state index is -0.742. The Labute approximate surface area is 215 Å². The van der Waals surface area contributed by atoms with Gasteiger partial charge in [0.25, 0.3) is 11.8 Å². The smallest absolute Gasteiger partial charge is 0.269 e. The van der Waals surface area contributed by atoms with Crippen LogP contribution in [0.1, 0.15) is 71.4 Å². The van der Waals surface area contributed by atoms with E-state index in [1.165, 1.54) is 4.68 Å². The highest BCUT2D eigenvalue weighted by Crippen LogP contribution is 2.34. The van der Waals surface area contributed by atoms with Gasteiger partial charge in [-0.15, -0.1) is 0 Å². The average Bonchev–Trinajstić information content (AvgIpc) is 3.25. The molecule has 1 saturated heterocycles. The highest BCUT2D eigenvalue weighted by molar-refractivity contribution is 6.04. The second-order valence-corrected chi connectivity index (χ2v) is 9.13. The molecule has 3 aromatic rings. The predicted octanol–water partition coefficient (Wildman–Crippen LogP) is 3.20. The normalized spacial score (nSPS) is 15.3. The lowest BCUT2D eigenvalue weighted by Crippen LogP contribution is -2.41. The molecule has 0 aliphatic carbocycles. The SMILES string of the molecule is C=C(C)C(=O)N1CCCC[C@H]1c1nc(-c2ccc(C(=O)Nc3cc(CC)ccn3)cc2)c(C(N)=O)n1N. The molecular weight excluding hydrogens is 470 g/mol.